The number of ether oxygens (including phenoxy) is 2. The molecule has 60 heavy (non-hydrogen) atoms. The Morgan fingerprint density at radius 1 is 0.517 bits per heavy atom. The largest absolute Gasteiger partial charge is 0.472 e. The molecular weight excluding hydrogens is 787 g/mol. The van der Waals surface area contributed by atoms with Crippen LogP contribution in [0.3, 0.4) is 0 Å². The molecule has 0 amide bonds. The van der Waals surface area contributed by atoms with E-state index in [1.165, 1.54) is 154 Å². The molecule has 0 aliphatic heterocycles. The van der Waals surface area contributed by atoms with Crippen LogP contribution in [0.1, 0.15) is 219 Å². The summed E-state index contributed by atoms with van der Waals surface area (Å²) < 4.78 is 34.2. The summed E-state index contributed by atoms with van der Waals surface area (Å²) in [5, 5.41) is 50.2. The summed E-state index contributed by atoms with van der Waals surface area (Å²) in [5.74, 6) is -0.476. The Morgan fingerprint density at radius 2 is 0.883 bits per heavy atom. The topological polar surface area (TPSA) is 192 Å². The number of rotatable bonds is 42. The first-order valence-electron chi connectivity index (χ1n) is 24.5. The molecule has 0 radical (unpaired) electrons. The van der Waals surface area contributed by atoms with Crippen LogP contribution >= 0.6 is 7.82 Å². The number of phosphoric acid groups is 1. The minimum atomic E-state index is -5.01. The number of hydrogen-bond donors (Lipinski definition) is 6. The van der Waals surface area contributed by atoms with Gasteiger partial charge in [0.05, 0.1) is 13.2 Å². The number of phosphoric ester groups is 1. The van der Waals surface area contributed by atoms with E-state index in [1.54, 1.807) is 0 Å². The molecule has 1 rings (SSSR count). The number of hydrogen-bond acceptors (Lipinski definition) is 11. The Balaban J connectivity index is 2.30. The molecular formula is C47H91O12P. The maximum absolute atomic E-state index is 12.8. The predicted octanol–water partition coefficient (Wildman–Crippen LogP) is 10.3. The lowest BCUT2D eigenvalue weighted by Gasteiger charge is -2.41. The first-order chi connectivity index (χ1) is 29.0. The molecule has 0 saturated heterocycles. The van der Waals surface area contributed by atoms with E-state index in [0.717, 1.165) is 38.5 Å². The average molecular weight is 879 g/mol. The highest BCUT2D eigenvalue weighted by atomic mass is 31.2. The molecule has 0 aromatic heterocycles. The molecule has 0 aromatic rings. The van der Waals surface area contributed by atoms with Gasteiger partial charge in [-0.2, -0.15) is 0 Å². The van der Waals surface area contributed by atoms with Crippen LogP contribution in [-0.2, 0) is 27.9 Å². The zero-order chi connectivity index (χ0) is 44.1. The third kappa shape index (κ3) is 30.2. The van der Waals surface area contributed by atoms with Crippen LogP contribution in [0.2, 0.25) is 0 Å². The van der Waals surface area contributed by atoms with Crippen LogP contribution in [0.15, 0.2) is 12.2 Å². The van der Waals surface area contributed by atoms with Crippen LogP contribution in [0, 0.1) is 0 Å². The number of carbonyl (C=O) groups excluding carboxylic acids is 1. The smallest absolute Gasteiger partial charge is 0.457 e. The van der Waals surface area contributed by atoms with Crippen molar-refractivity contribution in [2.45, 2.75) is 262 Å². The monoisotopic (exact) mass is 879 g/mol. The fourth-order valence-corrected chi connectivity index (χ4v) is 8.68. The normalized spacial score (nSPS) is 22.3. The van der Waals surface area contributed by atoms with Crippen LogP contribution in [-0.4, -0.2) is 98.9 Å². The maximum atomic E-state index is 12.8. The highest BCUT2D eigenvalue weighted by Gasteiger charge is 2.51. The van der Waals surface area contributed by atoms with Crippen molar-refractivity contribution in [1.82, 2.24) is 0 Å². The van der Waals surface area contributed by atoms with Gasteiger partial charge in [0.1, 0.15) is 42.7 Å². The van der Waals surface area contributed by atoms with Gasteiger partial charge in [0, 0.05) is 13.0 Å². The first-order valence-corrected chi connectivity index (χ1v) is 26.0. The van der Waals surface area contributed by atoms with Crippen molar-refractivity contribution in [1.29, 1.82) is 0 Å². The van der Waals surface area contributed by atoms with E-state index in [1.807, 2.05) is 0 Å². The highest BCUT2D eigenvalue weighted by molar-refractivity contribution is 7.47. The molecule has 6 N–H and O–H groups in total. The molecule has 6 atom stereocenters. The molecule has 1 aliphatic carbocycles. The van der Waals surface area contributed by atoms with Gasteiger partial charge in [0.25, 0.3) is 0 Å². The molecule has 0 heterocycles. The molecule has 0 spiro atoms. The lowest BCUT2D eigenvalue weighted by molar-refractivity contribution is -0.220. The molecule has 0 bridgehead atoms. The fraction of sp³-hybridized carbons (Fsp3) is 0.936. The summed E-state index contributed by atoms with van der Waals surface area (Å²) >= 11 is 0. The summed E-state index contributed by atoms with van der Waals surface area (Å²) in [6.45, 7) is 4.27. The Morgan fingerprint density at radius 3 is 1.32 bits per heavy atom. The van der Waals surface area contributed by atoms with Gasteiger partial charge >= 0.3 is 13.8 Å². The van der Waals surface area contributed by atoms with Crippen molar-refractivity contribution in [3.05, 3.63) is 12.2 Å². The summed E-state index contributed by atoms with van der Waals surface area (Å²) in [6, 6.07) is 0. The molecule has 6 unspecified atom stereocenters. The van der Waals surface area contributed by atoms with E-state index in [2.05, 4.69) is 26.0 Å². The maximum Gasteiger partial charge on any atom is 0.472 e. The third-order valence-electron chi connectivity index (χ3n) is 11.6. The van der Waals surface area contributed by atoms with Gasteiger partial charge in [-0.25, -0.2) is 4.57 Å². The van der Waals surface area contributed by atoms with E-state index < -0.39 is 63.1 Å². The van der Waals surface area contributed by atoms with Crippen molar-refractivity contribution in [3.8, 4) is 0 Å². The molecule has 13 heteroatoms. The number of esters is 1. The van der Waals surface area contributed by atoms with E-state index >= 15 is 0 Å². The molecule has 1 fully saturated rings. The Bertz CT molecular complexity index is 1050. The standard InChI is InChI=1S/C47H91O12P/c1-3-5-7-9-11-13-15-16-17-18-19-20-21-22-23-24-25-27-29-31-33-35-37-56-38-40(58-41(48)36-34-32-30-28-26-14-12-10-8-6-4-2)39-57-60(54,55)59-47-45(52)43(50)42(49)44(51)46(47)53/h18-19,40,42-47,49-53H,3-17,20-39H2,1-2H3,(H,54,55)/b19-18-. The number of aliphatic hydroxyl groups is 5. The molecule has 1 saturated carbocycles. The van der Waals surface area contributed by atoms with Crippen molar-refractivity contribution < 1.29 is 58.3 Å². The molecule has 1 aliphatic rings. The second kappa shape index (κ2) is 38.5. The second-order valence-electron chi connectivity index (χ2n) is 17.3. The van der Waals surface area contributed by atoms with Crippen molar-refractivity contribution >= 4 is 13.8 Å². The highest BCUT2D eigenvalue weighted by Crippen LogP contribution is 2.47. The van der Waals surface area contributed by atoms with Gasteiger partial charge in [0.2, 0.25) is 0 Å². The Labute approximate surface area is 365 Å². The van der Waals surface area contributed by atoms with Crippen molar-refractivity contribution in [3.63, 3.8) is 0 Å². The Kier molecular flexibility index (Phi) is 36.7. The average Bonchev–Trinajstić information content (AvgIpc) is 3.23. The van der Waals surface area contributed by atoms with Gasteiger partial charge in [0.15, 0.2) is 0 Å². The Hall–Kier alpha value is -0.920. The van der Waals surface area contributed by atoms with Crippen LogP contribution in [0.25, 0.3) is 0 Å². The van der Waals surface area contributed by atoms with Crippen molar-refractivity contribution in [2.24, 2.45) is 0 Å². The quantitative estimate of drug-likeness (QED) is 0.0147. The van der Waals surface area contributed by atoms with Gasteiger partial charge in [-0.15, -0.1) is 0 Å². The van der Waals surface area contributed by atoms with E-state index in [-0.39, 0.29) is 13.0 Å². The number of allylic oxidation sites excluding steroid dienone is 2. The number of carbonyl (C=O) groups is 1. The number of aliphatic hydroxyl groups excluding tert-OH is 5. The van der Waals surface area contributed by atoms with Crippen molar-refractivity contribution in [2.75, 3.05) is 19.8 Å². The summed E-state index contributed by atoms with van der Waals surface area (Å²) in [6.07, 6.45) is 30.1. The minimum Gasteiger partial charge on any atom is -0.457 e. The lowest BCUT2D eigenvalue weighted by atomic mass is 9.85. The van der Waals surface area contributed by atoms with Gasteiger partial charge < -0.3 is 39.9 Å². The molecule has 12 nitrogen and oxygen atoms in total. The van der Waals surface area contributed by atoms with Gasteiger partial charge in [-0.3, -0.25) is 13.8 Å². The second-order valence-corrected chi connectivity index (χ2v) is 18.7. The summed E-state index contributed by atoms with van der Waals surface area (Å²) in [7, 11) is -5.01. The minimum absolute atomic E-state index is 0.0721. The zero-order valence-corrected chi connectivity index (χ0v) is 38.9. The molecule has 0 aromatic carbocycles. The van der Waals surface area contributed by atoms with Gasteiger partial charge in [-0.1, -0.05) is 187 Å². The van der Waals surface area contributed by atoms with E-state index in [9.17, 15) is 39.8 Å². The van der Waals surface area contributed by atoms with Crippen LogP contribution < -0.4 is 0 Å². The predicted molar refractivity (Wildman–Crippen MR) is 240 cm³/mol. The SMILES string of the molecule is CCCCCCCCCC/C=C\CCCCCCCCCCCCOCC(COP(=O)(O)OC1C(O)C(O)C(O)C(O)C1O)OC(=O)CCCCCCCCCCCCC. The summed E-state index contributed by atoms with van der Waals surface area (Å²) in [4.78, 5) is 23.1. The molecule has 356 valence electrons. The third-order valence-corrected chi connectivity index (χ3v) is 12.6. The number of unbranched alkanes of at least 4 members (excludes halogenated alkanes) is 28. The summed E-state index contributed by atoms with van der Waals surface area (Å²) in [5.41, 5.74) is 0. The van der Waals surface area contributed by atoms with Gasteiger partial charge in [-0.05, 0) is 38.5 Å². The van der Waals surface area contributed by atoms with Crippen LogP contribution in [0.4, 0.5) is 0 Å². The van der Waals surface area contributed by atoms with E-state index in [4.69, 9.17) is 18.5 Å². The lowest BCUT2D eigenvalue weighted by Crippen LogP contribution is -2.64. The first kappa shape index (κ1) is 57.1. The van der Waals surface area contributed by atoms with Crippen LogP contribution in [0.5, 0.6) is 0 Å². The van der Waals surface area contributed by atoms with E-state index in [0.29, 0.717) is 13.0 Å². The zero-order valence-electron chi connectivity index (χ0n) is 38.0. The fourth-order valence-electron chi connectivity index (χ4n) is 7.70.